The van der Waals surface area contributed by atoms with Gasteiger partial charge in [0.2, 0.25) is 0 Å². The summed E-state index contributed by atoms with van der Waals surface area (Å²) in [6, 6.07) is 3.79. The van der Waals surface area contributed by atoms with Gasteiger partial charge < -0.3 is 14.6 Å². The number of hydrogen-bond donors (Lipinski definition) is 1. The summed E-state index contributed by atoms with van der Waals surface area (Å²) in [6.45, 7) is 5.29. The zero-order valence-electron chi connectivity index (χ0n) is 13.6. The number of halogens is 2. The zero-order valence-corrected chi connectivity index (χ0v) is 15.1. The van der Waals surface area contributed by atoms with Crippen molar-refractivity contribution in [3.63, 3.8) is 0 Å². The molecule has 0 aromatic heterocycles. The number of nitrogens with zero attached hydrogens (tertiary/aromatic N) is 1. The second-order valence-electron chi connectivity index (χ2n) is 6.54. The average Bonchev–Trinajstić information content (AvgIpc) is 2.85. The predicted molar refractivity (Wildman–Crippen MR) is 89.9 cm³/mol. The molecule has 0 radical (unpaired) electrons. The van der Waals surface area contributed by atoms with E-state index in [2.05, 4.69) is 0 Å². The minimum Gasteiger partial charge on any atom is -0.488 e. The molecule has 1 N–H and O–H groups in total. The molecule has 0 unspecified atom stereocenters. The smallest absolute Gasteiger partial charge is 0.411 e. The first-order valence-electron chi connectivity index (χ1n) is 7.41. The molecular weight excluding hydrogens is 357 g/mol. The van der Waals surface area contributed by atoms with E-state index in [9.17, 15) is 14.7 Å². The van der Waals surface area contributed by atoms with Crippen LogP contribution < -0.4 is 4.74 Å². The Morgan fingerprint density at radius 2 is 1.92 bits per heavy atom. The quantitative estimate of drug-likeness (QED) is 0.868. The van der Waals surface area contributed by atoms with Crippen molar-refractivity contribution >= 4 is 35.3 Å². The molecule has 1 heterocycles. The van der Waals surface area contributed by atoms with Crippen LogP contribution >= 0.6 is 23.2 Å². The van der Waals surface area contributed by atoms with Gasteiger partial charge in [0.1, 0.15) is 23.5 Å². The molecule has 0 saturated carbocycles. The third-order valence-electron chi connectivity index (χ3n) is 3.37. The van der Waals surface area contributed by atoms with Gasteiger partial charge in [-0.05, 0) is 32.9 Å². The van der Waals surface area contributed by atoms with E-state index in [1.54, 1.807) is 39.0 Å². The molecule has 1 fully saturated rings. The first kappa shape index (κ1) is 18.7. The van der Waals surface area contributed by atoms with E-state index in [0.29, 0.717) is 15.8 Å². The summed E-state index contributed by atoms with van der Waals surface area (Å²) in [5.41, 5.74) is -0.706. The van der Waals surface area contributed by atoms with Gasteiger partial charge in [-0.15, -0.1) is 0 Å². The van der Waals surface area contributed by atoms with Crippen LogP contribution in [0.25, 0.3) is 0 Å². The lowest BCUT2D eigenvalue weighted by atomic mass is 10.2. The van der Waals surface area contributed by atoms with Gasteiger partial charge in [0.25, 0.3) is 0 Å². The Hall–Kier alpha value is -1.66. The fourth-order valence-electron chi connectivity index (χ4n) is 2.38. The number of ether oxygens (including phenoxy) is 2. The van der Waals surface area contributed by atoms with Crippen molar-refractivity contribution in [1.29, 1.82) is 0 Å². The van der Waals surface area contributed by atoms with Crippen LogP contribution in [0.15, 0.2) is 18.2 Å². The number of carboxylic acid groups (broad SMARTS) is 1. The van der Waals surface area contributed by atoms with Crippen LogP contribution in [0.2, 0.25) is 10.0 Å². The molecule has 0 spiro atoms. The van der Waals surface area contributed by atoms with Crippen LogP contribution in [0.4, 0.5) is 4.79 Å². The van der Waals surface area contributed by atoms with E-state index in [1.165, 1.54) is 4.90 Å². The number of carbonyl (C=O) groups is 2. The zero-order chi connectivity index (χ0) is 18.1. The number of carboxylic acids is 1. The third-order valence-corrected chi connectivity index (χ3v) is 4.11. The van der Waals surface area contributed by atoms with E-state index in [4.69, 9.17) is 32.7 Å². The summed E-state index contributed by atoms with van der Waals surface area (Å²) in [5, 5.41) is 10.1. The molecule has 1 aliphatic rings. The van der Waals surface area contributed by atoms with Crippen molar-refractivity contribution in [2.24, 2.45) is 0 Å². The molecule has 2 atom stereocenters. The Kier molecular flexibility index (Phi) is 5.50. The van der Waals surface area contributed by atoms with Gasteiger partial charge >= 0.3 is 12.1 Å². The summed E-state index contributed by atoms with van der Waals surface area (Å²) >= 11 is 11.8. The highest BCUT2D eigenvalue weighted by Crippen LogP contribution is 2.29. The molecule has 6 nitrogen and oxygen atoms in total. The van der Waals surface area contributed by atoms with E-state index in [0.717, 1.165) is 0 Å². The maximum absolute atomic E-state index is 12.2. The van der Waals surface area contributed by atoms with Crippen molar-refractivity contribution in [2.75, 3.05) is 6.54 Å². The molecule has 1 aromatic carbocycles. The lowest BCUT2D eigenvalue weighted by Gasteiger charge is -2.26. The number of rotatable bonds is 3. The van der Waals surface area contributed by atoms with Gasteiger partial charge in [-0.3, -0.25) is 4.90 Å². The number of likely N-dealkylation sites (tertiary alicyclic amines) is 1. The van der Waals surface area contributed by atoms with Crippen LogP contribution in [-0.2, 0) is 9.53 Å². The summed E-state index contributed by atoms with van der Waals surface area (Å²) in [5.74, 6) is -0.634. The first-order valence-corrected chi connectivity index (χ1v) is 8.16. The molecule has 1 aromatic rings. The topological polar surface area (TPSA) is 76.1 Å². The van der Waals surface area contributed by atoms with Gasteiger partial charge in [0, 0.05) is 12.5 Å². The maximum atomic E-state index is 12.2. The van der Waals surface area contributed by atoms with Gasteiger partial charge in [-0.1, -0.05) is 23.2 Å². The van der Waals surface area contributed by atoms with Crippen molar-refractivity contribution in [3.05, 3.63) is 28.2 Å². The third kappa shape index (κ3) is 4.68. The number of amides is 1. The van der Waals surface area contributed by atoms with Crippen molar-refractivity contribution in [3.8, 4) is 5.75 Å². The SMILES string of the molecule is CC(C)(C)OC(=O)N1C[C@H](Oc2ccc(Cl)c(Cl)c2)C[C@@H]1C(=O)O. The number of carbonyl (C=O) groups excluding carboxylic acids is 1. The summed E-state index contributed by atoms with van der Waals surface area (Å²) < 4.78 is 11.0. The maximum Gasteiger partial charge on any atom is 0.411 e. The molecule has 0 bridgehead atoms. The molecule has 0 aliphatic carbocycles. The highest BCUT2D eigenvalue weighted by Gasteiger charge is 2.42. The Morgan fingerprint density at radius 1 is 1.25 bits per heavy atom. The molecule has 24 heavy (non-hydrogen) atoms. The number of aliphatic carboxylic acids is 1. The highest BCUT2D eigenvalue weighted by molar-refractivity contribution is 6.42. The highest BCUT2D eigenvalue weighted by atomic mass is 35.5. The van der Waals surface area contributed by atoms with Gasteiger partial charge in [0.05, 0.1) is 16.6 Å². The molecule has 8 heteroatoms. The predicted octanol–water partition coefficient (Wildman–Crippen LogP) is 3.83. The summed E-state index contributed by atoms with van der Waals surface area (Å²) in [7, 11) is 0. The van der Waals surface area contributed by atoms with Crippen LogP contribution in [0, 0.1) is 0 Å². The number of hydrogen-bond acceptors (Lipinski definition) is 4. The monoisotopic (exact) mass is 375 g/mol. The lowest BCUT2D eigenvalue weighted by molar-refractivity contribution is -0.142. The van der Waals surface area contributed by atoms with Crippen LogP contribution in [-0.4, -0.2) is 46.4 Å². The Labute approximate surface area is 150 Å². The van der Waals surface area contributed by atoms with Gasteiger partial charge in [0.15, 0.2) is 0 Å². The summed E-state index contributed by atoms with van der Waals surface area (Å²) in [6.07, 6.45) is -0.986. The molecule has 1 aliphatic heterocycles. The minimum atomic E-state index is -1.10. The lowest BCUT2D eigenvalue weighted by Crippen LogP contribution is -2.43. The van der Waals surface area contributed by atoms with Crippen molar-refractivity contribution in [2.45, 2.75) is 44.9 Å². The largest absolute Gasteiger partial charge is 0.488 e. The molecule has 1 amide bonds. The Balaban J connectivity index is 2.10. The second-order valence-corrected chi connectivity index (χ2v) is 7.35. The molecular formula is C16H19Cl2NO5. The standard InChI is InChI=1S/C16H19Cl2NO5/c1-16(2,3)24-15(22)19-8-10(7-13(19)14(20)21)23-9-4-5-11(17)12(18)6-9/h4-6,10,13H,7-8H2,1-3H3,(H,20,21)/t10-,13-/m1/s1. The Bertz CT molecular complexity index is 644. The first-order chi connectivity index (χ1) is 11.1. The van der Waals surface area contributed by atoms with Crippen LogP contribution in [0.1, 0.15) is 27.2 Å². The van der Waals surface area contributed by atoms with E-state index in [1.807, 2.05) is 0 Å². The average molecular weight is 376 g/mol. The normalized spacial score (nSPS) is 20.8. The van der Waals surface area contributed by atoms with E-state index in [-0.39, 0.29) is 13.0 Å². The van der Waals surface area contributed by atoms with E-state index >= 15 is 0 Å². The molecule has 132 valence electrons. The van der Waals surface area contributed by atoms with E-state index < -0.39 is 29.8 Å². The van der Waals surface area contributed by atoms with Gasteiger partial charge in [-0.25, -0.2) is 9.59 Å². The van der Waals surface area contributed by atoms with Gasteiger partial charge in [-0.2, -0.15) is 0 Å². The molecule has 2 rings (SSSR count). The fraction of sp³-hybridized carbons (Fsp3) is 0.500. The fourth-order valence-corrected chi connectivity index (χ4v) is 2.67. The summed E-state index contributed by atoms with van der Waals surface area (Å²) in [4.78, 5) is 24.8. The van der Waals surface area contributed by atoms with Crippen molar-refractivity contribution in [1.82, 2.24) is 4.90 Å². The van der Waals surface area contributed by atoms with Crippen molar-refractivity contribution < 1.29 is 24.2 Å². The number of benzene rings is 1. The minimum absolute atomic E-state index is 0.117. The Morgan fingerprint density at radius 3 is 2.46 bits per heavy atom. The van der Waals surface area contributed by atoms with Crippen LogP contribution in [0.5, 0.6) is 5.75 Å². The van der Waals surface area contributed by atoms with Crippen LogP contribution in [0.3, 0.4) is 0 Å². The second kappa shape index (κ2) is 7.07. The molecule has 1 saturated heterocycles.